The van der Waals surface area contributed by atoms with Gasteiger partial charge in [0.15, 0.2) is 0 Å². The van der Waals surface area contributed by atoms with E-state index in [1.165, 1.54) is 6.07 Å². The molecule has 0 spiro atoms. The zero-order valence-corrected chi connectivity index (χ0v) is 21.0. The quantitative estimate of drug-likeness (QED) is 0.553. The number of ether oxygens (including phenoxy) is 1. The molecule has 7 nitrogen and oxygen atoms in total. The van der Waals surface area contributed by atoms with Crippen LogP contribution in [0.1, 0.15) is 44.7 Å². The molecule has 2 aromatic rings. The van der Waals surface area contributed by atoms with Gasteiger partial charge < -0.3 is 19.1 Å². The van der Waals surface area contributed by atoms with Crippen LogP contribution in [0.5, 0.6) is 5.75 Å². The number of aryl methyl sites for hydroxylation is 1. The summed E-state index contributed by atoms with van der Waals surface area (Å²) in [6.45, 7) is 8.85. The van der Waals surface area contributed by atoms with E-state index in [9.17, 15) is 13.2 Å². The Labute approximate surface area is 201 Å². The highest BCUT2D eigenvalue weighted by Crippen LogP contribution is 2.28. The average Bonchev–Trinajstić information content (AvgIpc) is 3.19. The highest BCUT2D eigenvalue weighted by molar-refractivity contribution is 7.87. The second-order valence-corrected chi connectivity index (χ2v) is 11.2. The highest BCUT2D eigenvalue weighted by Gasteiger charge is 2.26. The molecular formula is C24H31ClN2O5S. The monoisotopic (exact) mass is 494 g/mol. The SMILES string of the molecule is Cc1cccc(Cl)c1S(=O)(=O)Oc1cccc(CN(C[C@@H]2CCCO2)C(=O)NC(C)(C)C)c1. The summed E-state index contributed by atoms with van der Waals surface area (Å²) < 4.78 is 36.9. The molecular weight excluding hydrogens is 464 g/mol. The van der Waals surface area contributed by atoms with Gasteiger partial charge >= 0.3 is 16.1 Å². The lowest BCUT2D eigenvalue weighted by Crippen LogP contribution is -2.50. The second kappa shape index (κ2) is 10.3. The molecule has 9 heteroatoms. The maximum Gasteiger partial charge on any atom is 0.340 e. The van der Waals surface area contributed by atoms with E-state index < -0.39 is 15.7 Å². The molecule has 0 saturated carbocycles. The first kappa shape index (κ1) is 25.3. The minimum absolute atomic E-state index is 0.0151. The Balaban J connectivity index is 1.80. The summed E-state index contributed by atoms with van der Waals surface area (Å²) in [7, 11) is -4.12. The van der Waals surface area contributed by atoms with Crippen LogP contribution in [0, 0.1) is 6.92 Å². The highest BCUT2D eigenvalue weighted by atomic mass is 35.5. The van der Waals surface area contributed by atoms with Gasteiger partial charge in [-0.1, -0.05) is 35.9 Å². The van der Waals surface area contributed by atoms with Gasteiger partial charge in [-0.3, -0.25) is 0 Å². The predicted molar refractivity (Wildman–Crippen MR) is 128 cm³/mol. The molecule has 2 aromatic carbocycles. The lowest BCUT2D eigenvalue weighted by molar-refractivity contribution is 0.0782. The molecule has 0 bridgehead atoms. The minimum Gasteiger partial charge on any atom is -0.379 e. The van der Waals surface area contributed by atoms with Crippen molar-refractivity contribution in [3.05, 3.63) is 58.6 Å². The van der Waals surface area contributed by atoms with E-state index in [4.69, 9.17) is 20.5 Å². The zero-order valence-electron chi connectivity index (χ0n) is 19.4. The van der Waals surface area contributed by atoms with Gasteiger partial charge in [-0.05, 0) is 69.9 Å². The van der Waals surface area contributed by atoms with Crippen molar-refractivity contribution in [3.63, 3.8) is 0 Å². The summed E-state index contributed by atoms with van der Waals surface area (Å²) in [5, 5.41) is 3.09. The molecule has 0 unspecified atom stereocenters. The molecule has 3 rings (SSSR count). The van der Waals surface area contributed by atoms with Crippen LogP contribution in [0.4, 0.5) is 4.79 Å². The first-order valence-corrected chi connectivity index (χ1v) is 12.7. The molecule has 0 radical (unpaired) electrons. The van der Waals surface area contributed by atoms with Crippen LogP contribution < -0.4 is 9.50 Å². The molecule has 180 valence electrons. The fraction of sp³-hybridized carbons (Fsp3) is 0.458. The number of carbonyl (C=O) groups excluding carboxylic acids is 1. The Hall–Kier alpha value is -2.29. The van der Waals surface area contributed by atoms with Gasteiger partial charge in [-0.25, -0.2) is 4.79 Å². The molecule has 1 saturated heterocycles. The van der Waals surface area contributed by atoms with Crippen LogP contribution >= 0.6 is 11.6 Å². The smallest absolute Gasteiger partial charge is 0.340 e. The van der Waals surface area contributed by atoms with Crippen molar-refractivity contribution in [1.29, 1.82) is 0 Å². The number of urea groups is 1. The maximum absolute atomic E-state index is 12.9. The zero-order chi connectivity index (χ0) is 24.2. The summed E-state index contributed by atoms with van der Waals surface area (Å²) >= 11 is 6.13. The normalized spacial score (nSPS) is 16.5. The first-order valence-electron chi connectivity index (χ1n) is 10.9. The number of rotatable bonds is 7. The third-order valence-corrected chi connectivity index (χ3v) is 6.99. The summed E-state index contributed by atoms with van der Waals surface area (Å²) in [5.41, 5.74) is 0.846. The van der Waals surface area contributed by atoms with Crippen LogP contribution in [0.2, 0.25) is 5.02 Å². The molecule has 0 aliphatic carbocycles. The third-order valence-electron chi connectivity index (χ3n) is 5.11. The molecule has 1 aliphatic heterocycles. The van der Waals surface area contributed by atoms with E-state index >= 15 is 0 Å². The Morgan fingerprint density at radius 3 is 2.61 bits per heavy atom. The van der Waals surface area contributed by atoms with E-state index in [2.05, 4.69) is 5.32 Å². The van der Waals surface area contributed by atoms with Gasteiger partial charge in [-0.15, -0.1) is 0 Å². The Morgan fingerprint density at radius 2 is 1.97 bits per heavy atom. The number of nitrogens with one attached hydrogen (secondary N) is 1. The van der Waals surface area contributed by atoms with Crippen LogP contribution in [-0.2, 0) is 21.4 Å². The van der Waals surface area contributed by atoms with Crippen LogP contribution in [-0.4, -0.2) is 44.1 Å². The van der Waals surface area contributed by atoms with Crippen LogP contribution in [0.15, 0.2) is 47.4 Å². The van der Waals surface area contributed by atoms with Crippen molar-refractivity contribution in [2.75, 3.05) is 13.2 Å². The average molecular weight is 495 g/mol. The number of hydrogen-bond donors (Lipinski definition) is 1. The van der Waals surface area contributed by atoms with E-state index in [1.807, 2.05) is 26.8 Å². The molecule has 1 aliphatic rings. The molecule has 2 amide bonds. The van der Waals surface area contributed by atoms with Gasteiger partial charge in [-0.2, -0.15) is 8.42 Å². The van der Waals surface area contributed by atoms with Gasteiger partial charge in [0.25, 0.3) is 0 Å². The lowest BCUT2D eigenvalue weighted by Gasteiger charge is -2.30. The number of nitrogens with zero attached hydrogens (tertiary/aromatic N) is 1. The van der Waals surface area contributed by atoms with Gasteiger partial charge in [0.2, 0.25) is 0 Å². The Bertz CT molecular complexity index is 1070. The number of carbonyl (C=O) groups is 1. The van der Waals surface area contributed by atoms with Gasteiger partial charge in [0.1, 0.15) is 10.6 Å². The number of hydrogen-bond acceptors (Lipinski definition) is 5. The summed E-state index contributed by atoms with van der Waals surface area (Å²) in [6, 6.07) is 11.4. The molecule has 0 aromatic heterocycles. The van der Waals surface area contributed by atoms with E-state index in [1.54, 1.807) is 42.2 Å². The van der Waals surface area contributed by atoms with Crippen LogP contribution in [0.3, 0.4) is 0 Å². The number of halogens is 1. The summed E-state index contributed by atoms with van der Waals surface area (Å²) in [6.07, 6.45) is 1.86. The van der Waals surface area contributed by atoms with Crippen LogP contribution in [0.25, 0.3) is 0 Å². The number of benzene rings is 2. The van der Waals surface area contributed by atoms with Gasteiger partial charge in [0.05, 0.1) is 11.1 Å². The molecule has 1 heterocycles. The topological polar surface area (TPSA) is 84.9 Å². The van der Waals surface area contributed by atoms with Crippen molar-refractivity contribution in [2.24, 2.45) is 0 Å². The van der Waals surface area contributed by atoms with Crippen molar-refractivity contribution < 1.29 is 22.1 Å². The number of amides is 2. The van der Waals surface area contributed by atoms with Crippen molar-refractivity contribution in [3.8, 4) is 5.75 Å². The van der Waals surface area contributed by atoms with Crippen molar-refractivity contribution in [2.45, 2.75) is 63.6 Å². The lowest BCUT2D eigenvalue weighted by atomic mass is 10.1. The second-order valence-electron chi connectivity index (χ2n) is 9.27. The Kier molecular flexibility index (Phi) is 7.92. The first-order chi connectivity index (χ1) is 15.4. The largest absolute Gasteiger partial charge is 0.379 e. The third kappa shape index (κ3) is 7.09. The Morgan fingerprint density at radius 1 is 1.24 bits per heavy atom. The molecule has 33 heavy (non-hydrogen) atoms. The minimum atomic E-state index is -4.12. The van der Waals surface area contributed by atoms with Crippen molar-refractivity contribution >= 4 is 27.8 Å². The standard InChI is InChI=1S/C24H31ClN2O5S/c1-17-8-5-12-21(25)22(17)33(29,30)32-19-10-6-9-18(14-19)15-27(16-20-11-7-13-31-20)23(28)26-24(2,3)4/h5-6,8-10,12,14,20H,7,11,13,15-16H2,1-4H3,(H,26,28)/t20-/m0/s1. The summed E-state index contributed by atoms with van der Waals surface area (Å²) in [5.74, 6) is 0.153. The molecule has 1 fully saturated rings. The van der Waals surface area contributed by atoms with Gasteiger partial charge in [0, 0.05) is 25.2 Å². The van der Waals surface area contributed by atoms with E-state index in [-0.39, 0.29) is 34.3 Å². The fourth-order valence-electron chi connectivity index (χ4n) is 3.67. The fourth-order valence-corrected chi connectivity index (χ4v) is 5.39. The molecule has 1 atom stereocenters. The van der Waals surface area contributed by atoms with E-state index in [0.29, 0.717) is 18.7 Å². The molecule has 1 N–H and O–H groups in total. The maximum atomic E-state index is 12.9. The summed E-state index contributed by atoms with van der Waals surface area (Å²) in [4.78, 5) is 14.6. The van der Waals surface area contributed by atoms with Crippen molar-refractivity contribution in [1.82, 2.24) is 10.2 Å². The van der Waals surface area contributed by atoms with E-state index in [0.717, 1.165) is 18.4 Å². The predicted octanol–water partition coefficient (Wildman–Crippen LogP) is 4.91.